The second-order valence-corrected chi connectivity index (χ2v) is 1.82. The largest absolute Gasteiger partial charge is 0.400 e. The number of rotatable bonds is 1. The predicted molar refractivity (Wildman–Crippen MR) is 34.2 cm³/mol. The van der Waals surface area contributed by atoms with Crippen LogP contribution in [-0.4, -0.2) is 15.4 Å². The van der Waals surface area contributed by atoms with Crippen LogP contribution in [-0.2, 0) is 0 Å². The maximum Gasteiger partial charge on any atom is 0.313 e. The highest BCUT2D eigenvalue weighted by Crippen LogP contribution is 2.16. The van der Waals surface area contributed by atoms with Gasteiger partial charge in [0.2, 0.25) is 5.76 Å². The highest BCUT2D eigenvalue weighted by atomic mass is 16.5. The fraction of sp³-hybridized carbons (Fsp3) is 0. The molecule has 0 aliphatic rings. The maximum absolute atomic E-state index is 5.18. The molecule has 0 radical (unpaired) electrons. The Morgan fingerprint density at radius 2 is 2.27 bits per heavy atom. The molecule has 0 saturated carbocycles. The van der Waals surface area contributed by atoms with Crippen molar-refractivity contribution in [2.75, 3.05) is 5.73 Å². The summed E-state index contributed by atoms with van der Waals surface area (Å²) in [7, 11) is 0. The normalized spacial score (nSPS) is 10.2. The number of anilines is 1. The molecule has 2 N–H and O–H groups in total. The van der Waals surface area contributed by atoms with Gasteiger partial charge in [0.05, 0.1) is 6.20 Å². The second kappa shape index (κ2) is 2.08. The average molecular weight is 152 g/mol. The predicted octanol–water partition coefficient (Wildman–Crippen LogP) is 0.307. The van der Waals surface area contributed by atoms with E-state index >= 15 is 0 Å². The van der Waals surface area contributed by atoms with Gasteiger partial charge in [-0.15, -0.1) is 5.10 Å². The zero-order valence-electron chi connectivity index (χ0n) is 5.39. The van der Waals surface area contributed by atoms with Crippen LogP contribution in [0.4, 0.5) is 6.01 Å². The van der Waals surface area contributed by atoms with E-state index in [4.69, 9.17) is 14.7 Å². The van der Waals surface area contributed by atoms with Crippen molar-refractivity contribution in [1.29, 1.82) is 0 Å². The van der Waals surface area contributed by atoms with Crippen molar-refractivity contribution >= 4 is 6.01 Å². The molecule has 0 unspecified atom stereocenters. The summed E-state index contributed by atoms with van der Waals surface area (Å²) in [6, 6.07) is 1.61. The first-order valence-corrected chi connectivity index (χ1v) is 2.86. The van der Waals surface area contributed by atoms with Crippen LogP contribution in [0.1, 0.15) is 0 Å². The summed E-state index contributed by atoms with van der Waals surface area (Å²) in [5.41, 5.74) is 5.18. The highest BCUT2D eigenvalue weighted by Gasteiger charge is 2.08. The molecule has 56 valence electrons. The van der Waals surface area contributed by atoms with Crippen LogP contribution in [0.15, 0.2) is 21.2 Å². The lowest BCUT2D eigenvalue weighted by Crippen LogP contribution is -1.81. The van der Waals surface area contributed by atoms with Gasteiger partial charge < -0.3 is 14.7 Å². The first-order chi connectivity index (χ1) is 5.36. The first kappa shape index (κ1) is 5.90. The number of nitrogen functional groups attached to an aromatic ring is 1. The molecule has 0 aliphatic carbocycles. The summed E-state index contributed by atoms with van der Waals surface area (Å²) in [6.45, 7) is 0. The number of hydrogen-bond acceptors (Lipinski definition) is 6. The van der Waals surface area contributed by atoms with Gasteiger partial charge in [-0.3, -0.25) is 0 Å². The SMILES string of the molecule is Nc1nnc(-c2ccno2)o1. The van der Waals surface area contributed by atoms with Crippen molar-refractivity contribution in [3.63, 3.8) is 0 Å². The third kappa shape index (κ3) is 0.936. The van der Waals surface area contributed by atoms with Crippen molar-refractivity contribution in [2.45, 2.75) is 0 Å². The molecule has 0 spiro atoms. The Labute approximate surface area is 61.0 Å². The molecule has 0 bridgehead atoms. The van der Waals surface area contributed by atoms with E-state index in [1.54, 1.807) is 6.07 Å². The Morgan fingerprint density at radius 3 is 2.82 bits per heavy atom. The maximum atomic E-state index is 5.18. The Hall–Kier alpha value is -1.85. The number of aromatic nitrogens is 3. The molecule has 2 aromatic heterocycles. The summed E-state index contributed by atoms with van der Waals surface area (Å²) < 4.78 is 9.58. The standard InChI is InChI=1S/C5H4N4O2/c6-5-9-8-4(10-5)3-1-2-7-11-3/h1-2H,(H2,6,9). The third-order valence-electron chi connectivity index (χ3n) is 1.09. The number of hydrogen-bond donors (Lipinski definition) is 1. The molecule has 0 amide bonds. The molecular weight excluding hydrogens is 148 g/mol. The lowest BCUT2D eigenvalue weighted by Gasteiger charge is -1.80. The van der Waals surface area contributed by atoms with E-state index < -0.39 is 0 Å². The zero-order chi connectivity index (χ0) is 7.68. The Bertz CT molecular complexity index is 339. The molecule has 0 atom stereocenters. The molecule has 2 rings (SSSR count). The topological polar surface area (TPSA) is 91.0 Å². The summed E-state index contributed by atoms with van der Waals surface area (Å²) in [6.07, 6.45) is 1.48. The van der Waals surface area contributed by atoms with Crippen LogP contribution < -0.4 is 5.73 Å². The summed E-state index contributed by atoms with van der Waals surface area (Å²) >= 11 is 0. The van der Waals surface area contributed by atoms with E-state index in [1.165, 1.54) is 6.20 Å². The zero-order valence-corrected chi connectivity index (χ0v) is 5.39. The molecule has 0 aromatic carbocycles. The van der Waals surface area contributed by atoms with Crippen molar-refractivity contribution in [2.24, 2.45) is 0 Å². The van der Waals surface area contributed by atoms with Gasteiger partial charge in [-0.2, -0.15) is 0 Å². The van der Waals surface area contributed by atoms with Gasteiger partial charge >= 0.3 is 6.01 Å². The summed E-state index contributed by atoms with van der Waals surface area (Å²) in [5, 5.41) is 10.5. The Balaban J connectivity index is 2.45. The van der Waals surface area contributed by atoms with Gasteiger partial charge in [-0.25, -0.2) is 0 Å². The smallest absolute Gasteiger partial charge is 0.313 e. The summed E-state index contributed by atoms with van der Waals surface area (Å²) in [5.74, 6) is 0.647. The van der Waals surface area contributed by atoms with Crippen LogP contribution in [0.25, 0.3) is 11.7 Å². The lowest BCUT2D eigenvalue weighted by atomic mass is 10.5. The first-order valence-electron chi connectivity index (χ1n) is 2.86. The van der Waals surface area contributed by atoms with Crippen molar-refractivity contribution in [3.05, 3.63) is 12.3 Å². The van der Waals surface area contributed by atoms with Crippen LogP contribution in [0, 0.1) is 0 Å². The van der Waals surface area contributed by atoms with Crippen molar-refractivity contribution in [3.8, 4) is 11.7 Å². The third-order valence-corrected chi connectivity index (χ3v) is 1.09. The fourth-order valence-corrected chi connectivity index (χ4v) is 0.660. The quantitative estimate of drug-likeness (QED) is 0.632. The van der Waals surface area contributed by atoms with Crippen LogP contribution >= 0.6 is 0 Å². The molecule has 0 saturated heterocycles. The second-order valence-electron chi connectivity index (χ2n) is 1.82. The van der Waals surface area contributed by atoms with Crippen LogP contribution in [0.2, 0.25) is 0 Å². The van der Waals surface area contributed by atoms with Gasteiger partial charge in [0.25, 0.3) is 5.89 Å². The minimum absolute atomic E-state index is 0.0106. The lowest BCUT2D eigenvalue weighted by molar-refractivity contribution is 0.416. The Kier molecular flexibility index (Phi) is 1.12. The molecule has 2 aromatic rings. The molecular formula is C5H4N4O2. The minimum atomic E-state index is 0.0106. The van der Waals surface area contributed by atoms with E-state index in [9.17, 15) is 0 Å². The molecule has 6 nitrogen and oxygen atoms in total. The fourth-order valence-electron chi connectivity index (χ4n) is 0.660. The molecule has 2 heterocycles. The van der Waals surface area contributed by atoms with E-state index in [0.29, 0.717) is 5.76 Å². The van der Waals surface area contributed by atoms with E-state index in [1.807, 2.05) is 0 Å². The average Bonchev–Trinajstić information content (AvgIpc) is 2.55. The van der Waals surface area contributed by atoms with E-state index in [0.717, 1.165) is 0 Å². The van der Waals surface area contributed by atoms with Crippen LogP contribution in [0.5, 0.6) is 0 Å². The molecule has 11 heavy (non-hydrogen) atoms. The molecule has 0 aliphatic heterocycles. The Morgan fingerprint density at radius 1 is 1.36 bits per heavy atom. The van der Waals surface area contributed by atoms with Gasteiger partial charge in [-0.1, -0.05) is 10.3 Å². The number of nitrogens with zero attached hydrogens (tertiary/aromatic N) is 3. The van der Waals surface area contributed by atoms with Gasteiger partial charge in [0, 0.05) is 6.07 Å². The van der Waals surface area contributed by atoms with E-state index in [2.05, 4.69) is 15.4 Å². The molecule has 6 heteroatoms. The number of nitrogens with two attached hydrogens (primary N) is 1. The molecule has 0 fully saturated rings. The van der Waals surface area contributed by atoms with Gasteiger partial charge in [0.1, 0.15) is 0 Å². The van der Waals surface area contributed by atoms with Crippen molar-refractivity contribution in [1.82, 2.24) is 15.4 Å². The van der Waals surface area contributed by atoms with Crippen molar-refractivity contribution < 1.29 is 8.94 Å². The minimum Gasteiger partial charge on any atom is -0.400 e. The summed E-state index contributed by atoms with van der Waals surface area (Å²) in [4.78, 5) is 0. The van der Waals surface area contributed by atoms with Gasteiger partial charge in [-0.05, 0) is 0 Å². The van der Waals surface area contributed by atoms with Crippen LogP contribution in [0.3, 0.4) is 0 Å². The monoisotopic (exact) mass is 152 g/mol. The van der Waals surface area contributed by atoms with E-state index in [-0.39, 0.29) is 11.9 Å². The van der Waals surface area contributed by atoms with Gasteiger partial charge in [0.15, 0.2) is 0 Å². The highest BCUT2D eigenvalue weighted by molar-refractivity contribution is 5.42.